The van der Waals surface area contributed by atoms with Crippen molar-refractivity contribution in [2.24, 2.45) is 10.8 Å². The lowest BCUT2D eigenvalue weighted by Crippen LogP contribution is -2.10. The molecule has 5 heteroatoms. The summed E-state index contributed by atoms with van der Waals surface area (Å²) in [5, 5.41) is 14.3. The number of rotatable bonds is 4. The molecule has 0 spiro atoms. The summed E-state index contributed by atoms with van der Waals surface area (Å²) in [5.74, 6) is 0.284. The molecular weight excluding hydrogens is 244 g/mol. The Morgan fingerprint density at radius 2 is 1.84 bits per heavy atom. The number of nitro groups is 1. The fourth-order valence-electron chi connectivity index (χ4n) is 2.64. The molecule has 19 heavy (non-hydrogen) atoms. The molecule has 0 bridgehead atoms. The van der Waals surface area contributed by atoms with Crippen molar-refractivity contribution >= 4 is 11.4 Å². The highest BCUT2D eigenvalue weighted by Gasteiger charge is 2.64. The number of anilines is 1. The topological polar surface area (TPSA) is 64.4 Å². The number of hydrogen-bond donors (Lipinski definition) is 1. The van der Waals surface area contributed by atoms with E-state index in [-0.39, 0.29) is 22.3 Å². The summed E-state index contributed by atoms with van der Waals surface area (Å²) in [6, 6.07) is 5.24. The normalized spacial score (nSPS) is 19.8. The van der Waals surface area contributed by atoms with Crippen LogP contribution >= 0.6 is 0 Å². The van der Waals surface area contributed by atoms with Gasteiger partial charge in [0.1, 0.15) is 0 Å². The van der Waals surface area contributed by atoms with Crippen LogP contribution < -0.4 is 10.1 Å². The minimum absolute atomic E-state index is 0.0117. The van der Waals surface area contributed by atoms with Crippen LogP contribution in [-0.2, 0) is 0 Å². The first-order valence-electron chi connectivity index (χ1n) is 6.31. The van der Waals surface area contributed by atoms with Gasteiger partial charge in [-0.2, -0.15) is 0 Å². The van der Waals surface area contributed by atoms with E-state index in [2.05, 4.69) is 33.0 Å². The van der Waals surface area contributed by atoms with Crippen LogP contribution in [0.5, 0.6) is 5.75 Å². The van der Waals surface area contributed by atoms with Gasteiger partial charge in [-0.25, -0.2) is 0 Å². The Kier molecular flexibility index (Phi) is 2.96. The van der Waals surface area contributed by atoms with Gasteiger partial charge in [0.05, 0.1) is 12.0 Å². The van der Waals surface area contributed by atoms with Crippen LogP contribution in [0.4, 0.5) is 11.4 Å². The second kappa shape index (κ2) is 4.11. The predicted octanol–water partition coefficient (Wildman–Crippen LogP) is 3.45. The monoisotopic (exact) mass is 264 g/mol. The number of nitro benzene ring substituents is 1. The summed E-state index contributed by atoms with van der Waals surface area (Å²) in [4.78, 5) is 10.4. The van der Waals surface area contributed by atoms with Crippen molar-refractivity contribution in [2.45, 2.75) is 33.7 Å². The molecule has 0 saturated heterocycles. The van der Waals surface area contributed by atoms with Gasteiger partial charge < -0.3 is 10.1 Å². The van der Waals surface area contributed by atoms with Crippen LogP contribution in [0.1, 0.15) is 27.7 Å². The standard InChI is InChI=1S/C14H20N2O3/c1-13(2)12(14(13,3)4)15-9-6-7-10(16(17)18)11(8-9)19-5/h6-8,12,15H,1-5H3. The first-order valence-corrected chi connectivity index (χ1v) is 6.31. The lowest BCUT2D eigenvalue weighted by Gasteiger charge is -2.10. The zero-order valence-electron chi connectivity index (χ0n) is 12.0. The smallest absolute Gasteiger partial charge is 0.311 e. The van der Waals surface area contributed by atoms with E-state index in [0.717, 1.165) is 5.69 Å². The van der Waals surface area contributed by atoms with Gasteiger partial charge in [0, 0.05) is 23.9 Å². The van der Waals surface area contributed by atoms with E-state index in [1.165, 1.54) is 13.2 Å². The Morgan fingerprint density at radius 3 is 2.26 bits per heavy atom. The van der Waals surface area contributed by atoms with Gasteiger partial charge in [-0.15, -0.1) is 0 Å². The molecule has 2 rings (SSSR count). The molecule has 0 unspecified atom stereocenters. The minimum Gasteiger partial charge on any atom is -0.490 e. The minimum atomic E-state index is -0.437. The Labute approximate surface area is 113 Å². The van der Waals surface area contributed by atoms with E-state index >= 15 is 0 Å². The van der Waals surface area contributed by atoms with Crippen molar-refractivity contribution in [1.29, 1.82) is 0 Å². The average Bonchev–Trinajstić information content (AvgIpc) is 2.71. The largest absolute Gasteiger partial charge is 0.490 e. The highest BCUT2D eigenvalue weighted by molar-refractivity contribution is 5.59. The summed E-state index contributed by atoms with van der Waals surface area (Å²) >= 11 is 0. The van der Waals surface area contributed by atoms with Gasteiger partial charge in [0.15, 0.2) is 5.75 Å². The van der Waals surface area contributed by atoms with E-state index in [0.29, 0.717) is 6.04 Å². The Balaban J connectivity index is 2.22. The van der Waals surface area contributed by atoms with Crippen molar-refractivity contribution in [3.8, 4) is 5.75 Å². The molecule has 1 aromatic rings. The molecule has 1 N–H and O–H groups in total. The van der Waals surface area contributed by atoms with Crippen molar-refractivity contribution in [2.75, 3.05) is 12.4 Å². The van der Waals surface area contributed by atoms with Gasteiger partial charge in [0.2, 0.25) is 0 Å². The lowest BCUT2D eigenvalue weighted by molar-refractivity contribution is -0.385. The van der Waals surface area contributed by atoms with Gasteiger partial charge >= 0.3 is 5.69 Å². The summed E-state index contributed by atoms with van der Waals surface area (Å²) < 4.78 is 5.07. The molecule has 0 aromatic heterocycles. The maximum Gasteiger partial charge on any atom is 0.311 e. The number of ether oxygens (including phenoxy) is 1. The predicted molar refractivity (Wildman–Crippen MR) is 74.6 cm³/mol. The number of methoxy groups -OCH3 is 1. The van der Waals surface area contributed by atoms with E-state index < -0.39 is 4.92 Å². The molecule has 1 fully saturated rings. The van der Waals surface area contributed by atoms with Gasteiger partial charge in [-0.1, -0.05) is 27.7 Å². The first-order chi connectivity index (χ1) is 8.71. The van der Waals surface area contributed by atoms with E-state index in [9.17, 15) is 10.1 Å². The highest BCUT2D eigenvalue weighted by atomic mass is 16.6. The quantitative estimate of drug-likeness (QED) is 0.668. The first kappa shape index (κ1) is 13.6. The second-order valence-electron chi connectivity index (χ2n) is 6.16. The zero-order valence-corrected chi connectivity index (χ0v) is 12.0. The molecular formula is C14H20N2O3. The molecule has 0 radical (unpaired) electrons. The molecule has 0 aliphatic heterocycles. The summed E-state index contributed by atoms with van der Waals surface area (Å²) in [5.41, 5.74) is 1.26. The van der Waals surface area contributed by atoms with Crippen molar-refractivity contribution < 1.29 is 9.66 Å². The number of nitrogens with zero attached hydrogens (tertiary/aromatic N) is 1. The molecule has 1 aromatic carbocycles. The molecule has 1 aliphatic carbocycles. The fraction of sp³-hybridized carbons (Fsp3) is 0.571. The van der Waals surface area contributed by atoms with Crippen LogP contribution in [0.15, 0.2) is 18.2 Å². The Morgan fingerprint density at radius 1 is 1.26 bits per heavy atom. The van der Waals surface area contributed by atoms with Crippen LogP contribution in [-0.4, -0.2) is 18.1 Å². The second-order valence-corrected chi connectivity index (χ2v) is 6.16. The highest BCUT2D eigenvalue weighted by Crippen LogP contribution is 2.63. The maximum atomic E-state index is 10.8. The summed E-state index contributed by atoms with van der Waals surface area (Å²) in [6.07, 6.45) is 0. The van der Waals surface area contributed by atoms with E-state index in [4.69, 9.17) is 4.74 Å². The van der Waals surface area contributed by atoms with Gasteiger partial charge in [-0.3, -0.25) is 10.1 Å². The van der Waals surface area contributed by atoms with Crippen LogP contribution in [0, 0.1) is 20.9 Å². The zero-order chi connectivity index (χ0) is 14.4. The van der Waals surface area contributed by atoms with E-state index in [1.54, 1.807) is 12.1 Å². The number of nitrogens with one attached hydrogen (secondary N) is 1. The van der Waals surface area contributed by atoms with Crippen LogP contribution in [0.25, 0.3) is 0 Å². The Hall–Kier alpha value is -1.78. The van der Waals surface area contributed by atoms with Gasteiger partial charge in [0.25, 0.3) is 0 Å². The molecule has 0 heterocycles. The summed E-state index contributed by atoms with van der Waals surface area (Å²) in [7, 11) is 1.44. The SMILES string of the molecule is COc1cc(NC2C(C)(C)C2(C)C)ccc1[N+](=O)[O-]. The lowest BCUT2D eigenvalue weighted by atomic mass is 10.0. The molecule has 5 nitrogen and oxygen atoms in total. The third kappa shape index (κ3) is 2.03. The molecule has 1 saturated carbocycles. The van der Waals surface area contributed by atoms with Crippen molar-refractivity contribution in [3.63, 3.8) is 0 Å². The van der Waals surface area contributed by atoms with E-state index in [1.807, 2.05) is 0 Å². The maximum absolute atomic E-state index is 10.8. The molecule has 0 atom stereocenters. The number of benzene rings is 1. The van der Waals surface area contributed by atoms with Crippen molar-refractivity contribution in [3.05, 3.63) is 28.3 Å². The molecule has 104 valence electrons. The Bertz CT molecular complexity index is 509. The number of hydrogen-bond acceptors (Lipinski definition) is 4. The van der Waals surface area contributed by atoms with Crippen molar-refractivity contribution in [1.82, 2.24) is 0 Å². The molecule has 0 amide bonds. The third-order valence-corrected chi connectivity index (χ3v) is 4.71. The fourth-order valence-corrected chi connectivity index (χ4v) is 2.64. The van der Waals surface area contributed by atoms with Crippen LogP contribution in [0.3, 0.4) is 0 Å². The average molecular weight is 264 g/mol. The van der Waals surface area contributed by atoms with Crippen LogP contribution in [0.2, 0.25) is 0 Å². The third-order valence-electron chi connectivity index (χ3n) is 4.71. The summed E-state index contributed by atoms with van der Waals surface area (Å²) in [6.45, 7) is 8.86. The molecule has 1 aliphatic rings. The van der Waals surface area contributed by atoms with Gasteiger partial charge in [-0.05, 0) is 16.9 Å².